The van der Waals surface area contributed by atoms with Crippen molar-refractivity contribution in [3.63, 3.8) is 0 Å². The normalized spacial score (nSPS) is 9.90. The van der Waals surface area contributed by atoms with Gasteiger partial charge in [0, 0.05) is 6.07 Å². The number of hydrogen-bond donors (Lipinski definition) is 2. The van der Waals surface area contributed by atoms with Gasteiger partial charge in [-0.1, -0.05) is 17.8 Å². The number of hydrazine groups is 1. The molecule has 102 valence electrons. The van der Waals surface area contributed by atoms with Crippen molar-refractivity contribution in [2.75, 3.05) is 11.7 Å². The van der Waals surface area contributed by atoms with Crippen LogP contribution in [0.3, 0.4) is 0 Å². The molecular formula is C12H10FN5OS. The molecule has 6 nitrogen and oxygen atoms in total. The lowest BCUT2D eigenvalue weighted by Crippen LogP contribution is -2.09. The van der Waals surface area contributed by atoms with E-state index in [9.17, 15) is 4.39 Å². The number of nitriles is 1. The minimum atomic E-state index is -0.652. The van der Waals surface area contributed by atoms with Crippen molar-refractivity contribution < 1.29 is 9.13 Å². The fraction of sp³-hybridized carbons (Fsp3) is 0.0833. The Morgan fingerprint density at radius 2 is 2.25 bits per heavy atom. The summed E-state index contributed by atoms with van der Waals surface area (Å²) in [5.41, 5.74) is 2.20. The fourth-order valence-corrected chi connectivity index (χ4v) is 1.80. The van der Waals surface area contributed by atoms with Gasteiger partial charge in [-0.3, -0.25) is 0 Å². The van der Waals surface area contributed by atoms with Crippen LogP contribution in [0.2, 0.25) is 0 Å². The van der Waals surface area contributed by atoms with Crippen LogP contribution in [0.25, 0.3) is 0 Å². The molecule has 0 saturated heterocycles. The lowest BCUT2D eigenvalue weighted by atomic mass is 10.2. The van der Waals surface area contributed by atoms with Crippen LogP contribution < -0.4 is 16.0 Å². The molecule has 1 heterocycles. The van der Waals surface area contributed by atoms with E-state index >= 15 is 0 Å². The summed E-state index contributed by atoms with van der Waals surface area (Å²) in [6.45, 7) is 0. The Kier molecular flexibility index (Phi) is 4.34. The highest BCUT2D eigenvalue weighted by Crippen LogP contribution is 2.27. The van der Waals surface area contributed by atoms with Gasteiger partial charge < -0.3 is 10.2 Å². The van der Waals surface area contributed by atoms with E-state index in [1.165, 1.54) is 36.0 Å². The summed E-state index contributed by atoms with van der Waals surface area (Å²) in [6, 6.07) is 7.32. The SMILES string of the molecule is CSc1nc(NN)cc(Oc2cccc(F)c2C#N)n1. The molecule has 0 saturated carbocycles. The van der Waals surface area contributed by atoms with E-state index in [4.69, 9.17) is 15.8 Å². The van der Waals surface area contributed by atoms with Crippen molar-refractivity contribution in [3.05, 3.63) is 35.6 Å². The van der Waals surface area contributed by atoms with Crippen molar-refractivity contribution in [3.8, 4) is 17.7 Å². The third-order valence-corrected chi connectivity index (χ3v) is 2.86. The molecule has 0 atom stereocenters. The smallest absolute Gasteiger partial charge is 0.225 e. The average molecular weight is 291 g/mol. The second kappa shape index (κ2) is 6.18. The van der Waals surface area contributed by atoms with Gasteiger partial charge in [-0.25, -0.2) is 15.2 Å². The highest BCUT2D eigenvalue weighted by molar-refractivity contribution is 7.98. The van der Waals surface area contributed by atoms with Crippen LogP contribution in [0, 0.1) is 17.1 Å². The van der Waals surface area contributed by atoms with E-state index in [0.29, 0.717) is 11.0 Å². The van der Waals surface area contributed by atoms with Gasteiger partial charge in [0.1, 0.15) is 29.0 Å². The van der Waals surface area contributed by atoms with E-state index < -0.39 is 5.82 Å². The number of nitrogen functional groups attached to an aromatic ring is 1. The van der Waals surface area contributed by atoms with Gasteiger partial charge in [-0.15, -0.1) is 0 Å². The molecule has 0 fully saturated rings. The zero-order valence-corrected chi connectivity index (χ0v) is 11.2. The predicted molar refractivity (Wildman–Crippen MR) is 72.8 cm³/mol. The van der Waals surface area contributed by atoms with E-state index in [2.05, 4.69) is 15.4 Å². The van der Waals surface area contributed by atoms with Crippen LogP contribution in [0.15, 0.2) is 29.4 Å². The summed E-state index contributed by atoms with van der Waals surface area (Å²) < 4.78 is 18.9. The highest BCUT2D eigenvalue weighted by atomic mass is 32.2. The van der Waals surface area contributed by atoms with Crippen LogP contribution in [-0.2, 0) is 0 Å². The van der Waals surface area contributed by atoms with Crippen LogP contribution in [0.4, 0.5) is 10.2 Å². The Labute approximate surface area is 118 Å². The number of ether oxygens (including phenoxy) is 1. The second-order valence-electron chi connectivity index (χ2n) is 3.55. The van der Waals surface area contributed by atoms with E-state index in [1.807, 2.05) is 0 Å². The van der Waals surface area contributed by atoms with Crippen LogP contribution in [0.5, 0.6) is 11.6 Å². The Hall–Kier alpha value is -2.37. The van der Waals surface area contributed by atoms with E-state index in [1.54, 1.807) is 12.3 Å². The maximum absolute atomic E-state index is 13.5. The van der Waals surface area contributed by atoms with Crippen molar-refractivity contribution >= 4 is 17.6 Å². The molecule has 0 aliphatic heterocycles. The van der Waals surface area contributed by atoms with E-state index in [-0.39, 0.29) is 17.2 Å². The van der Waals surface area contributed by atoms with Gasteiger partial charge in [0.15, 0.2) is 5.16 Å². The first-order valence-corrected chi connectivity index (χ1v) is 6.66. The number of halogens is 1. The molecule has 0 bridgehead atoms. The molecule has 2 rings (SSSR count). The number of hydrogen-bond acceptors (Lipinski definition) is 7. The van der Waals surface area contributed by atoms with Crippen molar-refractivity contribution in [2.45, 2.75) is 5.16 Å². The molecule has 20 heavy (non-hydrogen) atoms. The summed E-state index contributed by atoms with van der Waals surface area (Å²) in [6.07, 6.45) is 1.79. The van der Waals surface area contributed by atoms with E-state index in [0.717, 1.165) is 0 Å². The molecule has 0 amide bonds. The second-order valence-corrected chi connectivity index (χ2v) is 4.32. The van der Waals surface area contributed by atoms with Gasteiger partial charge >= 0.3 is 0 Å². The zero-order chi connectivity index (χ0) is 14.5. The number of thioether (sulfide) groups is 1. The number of aromatic nitrogens is 2. The first-order valence-electron chi connectivity index (χ1n) is 5.44. The van der Waals surface area contributed by atoms with Crippen LogP contribution in [0.1, 0.15) is 5.56 Å². The van der Waals surface area contributed by atoms with Crippen molar-refractivity contribution in [1.82, 2.24) is 9.97 Å². The van der Waals surface area contributed by atoms with Crippen molar-refractivity contribution in [1.29, 1.82) is 5.26 Å². The molecule has 0 aliphatic carbocycles. The minimum absolute atomic E-state index is 0.0845. The first-order chi connectivity index (χ1) is 9.67. The van der Waals surface area contributed by atoms with Crippen LogP contribution in [-0.4, -0.2) is 16.2 Å². The molecule has 2 aromatic rings. The summed E-state index contributed by atoms with van der Waals surface area (Å²) >= 11 is 1.30. The Balaban J connectivity index is 2.40. The minimum Gasteiger partial charge on any atom is -0.437 e. The quantitative estimate of drug-likeness (QED) is 0.386. The molecule has 1 aromatic carbocycles. The Morgan fingerprint density at radius 1 is 1.45 bits per heavy atom. The molecule has 1 aromatic heterocycles. The summed E-state index contributed by atoms with van der Waals surface area (Å²) in [5, 5.41) is 9.38. The summed E-state index contributed by atoms with van der Waals surface area (Å²) in [7, 11) is 0. The van der Waals surface area contributed by atoms with Crippen molar-refractivity contribution in [2.24, 2.45) is 5.84 Å². The predicted octanol–water partition coefficient (Wildman–Crippen LogP) is 2.29. The Bertz CT molecular complexity index is 651. The summed E-state index contributed by atoms with van der Waals surface area (Å²) in [4.78, 5) is 8.17. The monoisotopic (exact) mass is 291 g/mol. The molecule has 0 spiro atoms. The van der Waals surface area contributed by atoms with Gasteiger partial charge in [0.25, 0.3) is 0 Å². The number of rotatable bonds is 4. The number of nitrogens with zero attached hydrogens (tertiary/aromatic N) is 3. The third-order valence-electron chi connectivity index (χ3n) is 2.31. The maximum Gasteiger partial charge on any atom is 0.225 e. The lowest BCUT2D eigenvalue weighted by Gasteiger charge is -2.09. The van der Waals surface area contributed by atoms with Gasteiger partial charge in [-0.2, -0.15) is 10.2 Å². The lowest BCUT2D eigenvalue weighted by molar-refractivity contribution is 0.449. The standard InChI is InChI=1S/C12H10FN5OS/c1-20-12-16-10(18-15)5-11(17-12)19-9-4-2-3-8(13)7(9)6-14/h2-5H,15H2,1H3,(H,16,17,18). The fourth-order valence-electron chi connectivity index (χ4n) is 1.43. The van der Waals surface area contributed by atoms with Crippen LogP contribution >= 0.6 is 11.8 Å². The Morgan fingerprint density at radius 3 is 2.90 bits per heavy atom. The molecule has 3 N–H and O–H groups in total. The topological polar surface area (TPSA) is 96.9 Å². The molecule has 0 unspecified atom stereocenters. The average Bonchev–Trinajstić information content (AvgIpc) is 2.47. The largest absolute Gasteiger partial charge is 0.437 e. The molecule has 0 aliphatic rings. The zero-order valence-electron chi connectivity index (χ0n) is 10.4. The number of nitrogens with two attached hydrogens (primary N) is 1. The number of benzene rings is 1. The van der Waals surface area contributed by atoms with Gasteiger partial charge in [-0.05, 0) is 18.4 Å². The number of anilines is 1. The first kappa shape index (κ1) is 14.0. The molecular weight excluding hydrogens is 281 g/mol. The summed E-state index contributed by atoms with van der Waals surface area (Å²) in [5.74, 6) is 5.25. The third kappa shape index (κ3) is 2.96. The highest BCUT2D eigenvalue weighted by Gasteiger charge is 2.12. The van der Waals surface area contributed by atoms with Gasteiger partial charge in [0.05, 0.1) is 0 Å². The molecule has 8 heteroatoms. The maximum atomic E-state index is 13.5. The number of nitrogens with one attached hydrogen (secondary N) is 1. The molecule has 0 radical (unpaired) electrons. The van der Waals surface area contributed by atoms with Gasteiger partial charge in [0.2, 0.25) is 5.88 Å².